The Balaban J connectivity index is 1.53. The van der Waals surface area contributed by atoms with E-state index in [2.05, 4.69) is 9.62 Å². The summed E-state index contributed by atoms with van der Waals surface area (Å²) >= 11 is 11.9. The number of sulfonamides is 1. The molecule has 1 heterocycles. The smallest absolute Gasteiger partial charge is 0.216 e. The number of ether oxygens (including phenoxy) is 1. The molecule has 1 aliphatic heterocycles. The molecule has 0 atom stereocenters. The molecule has 1 N–H and O–H groups in total. The minimum Gasteiger partial charge on any atom is -0.379 e. The van der Waals surface area contributed by atoms with Gasteiger partial charge in [-0.3, -0.25) is 4.90 Å². The molecule has 0 saturated carbocycles. The monoisotopic (exact) mass is 428 g/mol. The lowest BCUT2D eigenvalue weighted by atomic mass is 10.1. The fourth-order valence-electron chi connectivity index (χ4n) is 2.87. The van der Waals surface area contributed by atoms with Gasteiger partial charge in [-0.05, 0) is 28.8 Å². The third-order valence-corrected chi connectivity index (χ3v) is 6.25. The van der Waals surface area contributed by atoms with Crippen LogP contribution in [0.15, 0.2) is 42.5 Å². The van der Waals surface area contributed by atoms with Crippen LogP contribution in [0.3, 0.4) is 0 Å². The van der Waals surface area contributed by atoms with E-state index in [1.807, 2.05) is 24.3 Å². The normalized spacial score (nSPS) is 15.8. The molecule has 146 valence electrons. The van der Waals surface area contributed by atoms with E-state index in [0.29, 0.717) is 15.6 Å². The van der Waals surface area contributed by atoms with E-state index in [4.69, 9.17) is 27.9 Å². The molecular weight excluding hydrogens is 407 g/mol. The first-order valence-electron chi connectivity index (χ1n) is 8.70. The Morgan fingerprint density at radius 3 is 2.33 bits per heavy atom. The number of rotatable bonds is 7. The first kappa shape index (κ1) is 20.6. The molecule has 1 fully saturated rings. The van der Waals surface area contributed by atoms with Gasteiger partial charge in [-0.2, -0.15) is 0 Å². The van der Waals surface area contributed by atoms with Crippen molar-refractivity contribution in [2.75, 3.05) is 26.3 Å². The van der Waals surface area contributed by atoms with Crippen molar-refractivity contribution in [3.8, 4) is 0 Å². The SMILES string of the molecule is O=S(=O)(Cc1ccc(Cl)cc1Cl)NCc1ccc(CN2CCOCC2)cc1. The van der Waals surface area contributed by atoms with E-state index < -0.39 is 10.0 Å². The van der Waals surface area contributed by atoms with E-state index in [1.54, 1.807) is 18.2 Å². The summed E-state index contributed by atoms with van der Waals surface area (Å²) in [5.74, 6) is -0.182. The first-order valence-corrected chi connectivity index (χ1v) is 11.1. The van der Waals surface area contributed by atoms with Crippen molar-refractivity contribution in [2.24, 2.45) is 0 Å². The van der Waals surface area contributed by atoms with Crippen LogP contribution in [0.2, 0.25) is 10.0 Å². The predicted octanol–water partition coefficient (Wildman–Crippen LogP) is 3.45. The molecule has 0 radical (unpaired) electrons. The summed E-state index contributed by atoms with van der Waals surface area (Å²) in [7, 11) is -3.50. The van der Waals surface area contributed by atoms with Crippen molar-refractivity contribution in [1.82, 2.24) is 9.62 Å². The number of hydrogen-bond donors (Lipinski definition) is 1. The van der Waals surface area contributed by atoms with Gasteiger partial charge in [0.25, 0.3) is 0 Å². The summed E-state index contributed by atoms with van der Waals surface area (Å²) in [5, 5.41) is 0.826. The zero-order valence-corrected chi connectivity index (χ0v) is 17.2. The molecule has 0 aromatic heterocycles. The van der Waals surface area contributed by atoms with Crippen molar-refractivity contribution in [2.45, 2.75) is 18.8 Å². The minimum atomic E-state index is -3.50. The van der Waals surface area contributed by atoms with Crippen LogP contribution >= 0.6 is 23.2 Å². The van der Waals surface area contributed by atoms with Crippen LogP contribution in [0.25, 0.3) is 0 Å². The molecule has 8 heteroatoms. The summed E-state index contributed by atoms with van der Waals surface area (Å²) in [4.78, 5) is 2.34. The number of nitrogens with one attached hydrogen (secondary N) is 1. The van der Waals surface area contributed by atoms with Gasteiger partial charge in [0.05, 0.1) is 19.0 Å². The molecule has 3 rings (SSSR count). The second-order valence-electron chi connectivity index (χ2n) is 6.52. The second-order valence-corrected chi connectivity index (χ2v) is 9.17. The molecule has 0 unspecified atom stereocenters. The Bertz CT molecular complexity index is 867. The van der Waals surface area contributed by atoms with Crippen molar-refractivity contribution < 1.29 is 13.2 Å². The highest BCUT2D eigenvalue weighted by Crippen LogP contribution is 2.22. The Morgan fingerprint density at radius 1 is 1.00 bits per heavy atom. The van der Waals surface area contributed by atoms with E-state index >= 15 is 0 Å². The lowest BCUT2D eigenvalue weighted by Gasteiger charge is -2.26. The topological polar surface area (TPSA) is 58.6 Å². The maximum atomic E-state index is 12.3. The van der Waals surface area contributed by atoms with E-state index in [0.717, 1.165) is 38.4 Å². The number of benzene rings is 2. The van der Waals surface area contributed by atoms with Crippen LogP contribution < -0.4 is 4.72 Å². The molecule has 1 aliphatic rings. The standard InChI is InChI=1S/C19H22Cl2N2O3S/c20-18-6-5-17(19(21)11-18)14-27(24,25)22-12-15-1-3-16(4-2-15)13-23-7-9-26-10-8-23/h1-6,11,22H,7-10,12-14H2. The fourth-order valence-corrected chi connectivity index (χ4v) is 4.57. The molecule has 1 saturated heterocycles. The molecule has 27 heavy (non-hydrogen) atoms. The third-order valence-electron chi connectivity index (χ3n) is 4.39. The quantitative estimate of drug-likeness (QED) is 0.733. The molecular formula is C19H22Cl2N2O3S. The Morgan fingerprint density at radius 2 is 1.67 bits per heavy atom. The van der Waals surface area contributed by atoms with E-state index in [9.17, 15) is 8.42 Å². The van der Waals surface area contributed by atoms with Gasteiger partial charge in [0.15, 0.2) is 0 Å². The molecule has 2 aromatic carbocycles. The lowest BCUT2D eigenvalue weighted by Crippen LogP contribution is -2.35. The Labute approximate surface area is 170 Å². The van der Waals surface area contributed by atoms with Crippen molar-refractivity contribution in [1.29, 1.82) is 0 Å². The predicted molar refractivity (Wildman–Crippen MR) is 108 cm³/mol. The molecule has 0 aliphatic carbocycles. The van der Waals surface area contributed by atoms with Gasteiger partial charge in [0.2, 0.25) is 10.0 Å². The number of morpholine rings is 1. The summed E-state index contributed by atoms with van der Waals surface area (Å²) < 4.78 is 32.6. The van der Waals surface area contributed by atoms with Gasteiger partial charge in [-0.15, -0.1) is 0 Å². The number of halogens is 2. The highest BCUT2D eigenvalue weighted by molar-refractivity contribution is 7.88. The highest BCUT2D eigenvalue weighted by atomic mass is 35.5. The van der Waals surface area contributed by atoms with Crippen molar-refractivity contribution >= 4 is 33.2 Å². The summed E-state index contributed by atoms with van der Waals surface area (Å²) in [6.07, 6.45) is 0. The summed E-state index contributed by atoms with van der Waals surface area (Å²) in [6, 6.07) is 12.8. The van der Waals surface area contributed by atoms with Crippen molar-refractivity contribution in [3.63, 3.8) is 0 Å². The number of nitrogens with zero attached hydrogens (tertiary/aromatic N) is 1. The van der Waals surface area contributed by atoms with Crippen LogP contribution in [-0.4, -0.2) is 39.6 Å². The van der Waals surface area contributed by atoms with Gasteiger partial charge in [-0.1, -0.05) is 53.5 Å². The summed E-state index contributed by atoms with van der Waals surface area (Å²) in [5.41, 5.74) is 2.64. The van der Waals surface area contributed by atoms with Gasteiger partial charge < -0.3 is 4.74 Å². The van der Waals surface area contributed by atoms with Gasteiger partial charge in [0, 0.05) is 36.2 Å². The zero-order valence-electron chi connectivity index (χ0n) is 14.8. The van der Waals surface area contributed by atoms with Crippen LogP contribution in [-0.2, 0) is 33.6 Å². The third kappa shape index (κ3) is 6.45. The summed E-state index contributed by atoms with van der Waals surface area (Å²) in [6.45, 7) is 4.55. The maximum absolute atomic E-state index is 12.3. The molecule has 0 amide bonds. The average molecular weight is 429 g/mol. The van der Waals surface area contributed by atoms with Gasteiger partial charge in [0.1, 0.15) is 0 Å². The van der Waals surface area contributed by atoms with E-state index in [1.165, 1.54) is 5.56 Å². The second kappa shape index (κ2) is 9.37. The first-order chi connectivity index (χ1) is 12.9. The number of hydrogen-bond acceptors (Lipinski definition) is 4. The molecule has 0 spiro atoms. The molecule has 0 bridgehead atoms. The maximum Gasteiger partial charge on any atom is 0.216 e. The average Bonchev–Trinajstić information content (AvgIpc) is 2.64. The molecule has 5 nitrogen and oxygen atoms in total. The lowest BCUT2D eigenvalue weighted by molar-refractivity contribution is 0.0342. The van der Waals surface area contributed by atoms with E-state index in [-0.39, 0.29) is 12.3 Å². The van der Waals surface area contributed by atoms with Crippen LogP contribution in [0.4, 0.5) is 0 Å². The zero-order chi connectivity index (χ0) is 19.3. The highest BCUT2D eigenvalue weighted by Gasteiger charge is 2.14. The minimum absolute atomic E-state index is 0.182. The molecule has 2 aromatic rings. The van der Waals surface area contributed by atoms with Gasteiger partial charge in [-0.25, -0.2) is 13.1 Å². The van der Waals surface area contributed by atoms with Crippen molar-refractivity contribution in [3.05, 3.63) is 69.2 Å². The Hall–Kier alpha value is -1.15. The van der Waals surface area contributed by atoms with Crippen LogP contribution in [0.5, 0.6) is 0 Å². The van der Waals surface area contributed by atoms with Gasteiger partial charge >= 0.3 is 0 Å². The fraction of sp³-hybridized carbons (Fsp3) is 0.368. The van der Waals surface area contributed by atoms with Crippen LogP contribution in [0, 0.1) is 0 Å². The van der Waals surface area contributed by atoms with Crippen LogP contribution in [0.1, 0.15) is 16.7 Å². The Kier molecular flexibility index (Phi) is 7.14. The largest absolute Gasteiger partial charge is 0.379 e.